The Bertz CT molecular complexity index is 437. The van der Waals surface area contributed by atoms with Crippen molar-refractivity contribution < 1.29 is 0 Å². The molecule has 0 bridgehead atoms. The first-order chi connectivity index (χ1) is 7.86. The lowest BCUT2D eigenvalue weighted by Crippen LogP contribution is -2.13. The fraction of sp³-hybridized carbons (Fsp3) is 0.143. The number of nitrogen functional groups attached to an aromatic ring is 1. The summed E-state index contributed by atoms with van der Waals surface area (Å²) in [5.41, 5.74) is 9.15. The van der Waals surface area contributed by atoms with Crippen molar-refractivity contribution in [2.45, 2.75) is 13.1 Å². The molecular weight excluding hydrogens is 196 g/mol. The molecule has 0 saturated heterocycles. The third kappa shape index (κ3) is 2.84. The predicted molar refractivity (Wildman–Crippen MR) is 67.8 cm³/mol. The minimum absolute atomic E-state index is 0.807. The van der Waals surface area contributed by atoms with Crippen LogP contribution in [0.2, 0.25) is 0 Å². The second kappa shape index (κ2) is 5.33. The Morgan fingerprint density at radius 1 is 0.812 bits per heavy atom. The molecule has 2 rings (SSSR count). The zero-order chi connectivity index (χ0) is 11.2. The van der Waals surface area contributed by atoms with Crippen molar-refractivity contribution in [1.82, 2.24) is 5.32 Å². The summed E-state index contributed by atoms with van der Waals surface area (Å²) in [4.78, 5) is 0. The molecule has 0 fully saturated rings. The van der Waals surface area contributed by atoms with Gasteiger partial charge in [0.15, 0.2) is 0 Å². The van der Waals surface area contributed by atoms with Crippen LogP contribution in [0.3, 0.4) is 0 Å². The number of para-hydroxylation sites is 1. The molecule has 0 aliphatic rings. The summed E-state index contributed by atoms with van der Waals surface area (Å²) >= 11 is 0. The Hall–Kier alpha value is -1.80. The van der Waals surface area contributed by atoms with Crippen molar-refractivity contribution in [1.29, 1.82) is 0 Å². The maximum atomic E-state index is 5.86. The Labute approximate surface area is 96.1 Å². The summed E-state index contributed by atoms with van der Waals surface area (Å²) in [5.74, 6) is 0. The lowest BCUT2D eigenvalue weighted by molar-refractivity contribution is 0.694. The second-order valence-corrected chi connectivity index (χ2v) is 3.79. The fourth-order valence-electron chi connectivity index (χ4n) is 1.63. The fourth-order valence-corrected chi connectivity index (χ4v) is 1.63. The average molecular weight is 212 g/mol. The van der Waals surface area contributed by atoms with Gasteiger partial charge in [0.25, 0.3) is 0 Å². The smallest absolute Gasteiger partial charge is 0.0359 e. The van der Waals surface area contributed by atoms with E-state index in [0.29, 0.717) is 0 Å². The van der Waals surface area contributed by atoms with Crippen LogP contribution in [0.15, 0.2) is 54.6 Å². The van der Waals surface area contributed by atoms with Crippen molar-refractivity contribution in [3.8, 4) is 0 Å². The number of nitrogens with one attached hydrogen (secondary N) is 1. The summed E-state index contributed by atoms with van der Waals surface area (Å²) in [6.45, 7) is 1.68. The monoisotopic (exact) mass is 212 g/mol. The van der Waals surface area contributed by atoms with E-state index in [-0.39, 0.29) is 0 Å². The zero-order valence-electron chi connectivity index (χ0n) is 9.19. The molecule has 2 heteroatoms. The van der Waals surface area contributed by atoms with Crippen molar-refractivity contribution in [2.24, 2.45) is 0 Å². The molecule has 0 heterocycles. The van der Waals surface area contributed by atoms with E-state index in [1.165, 1.54) is 5.56 Å². The molecule has 0 aliphatic heterocycles. The van der Waals surface area contributed by atoms with Crippen LogP contribution < -0.4 is 11.1 Å². The van der Waals surface area contributed by atoms with Crippen molar-refractivity contribution in [3.05, 3.63) is 65.7 Å². The Morgan fingerprint density at radius 3 is 2.25 bits per heavy atom. The molecule has 0 radical (unpaired) electrons. The number of rotatable bonds is 4. The van der Waals surface area contributed by atoms with Crippen molar-refractivity contribution in [3.63, 3.8) is 0 Å². The van der Waals surface area contributed by atoms with Gasteiger partial charge in [0.1, 0.15) is 0 Å². The predicted octanol–water partition coefficient (Wildman–Crippen LogP) is 2.56. The molecule has 0 unspecified atom stereocenters. The van der Waals surface area contributed by atoms with Crippen LogP contribution in [0.4, 0.5) is 5.69 Å². The van der Waals surface area contributed by atoms with Crippen LogP contribution in [0.25, 0.3) is 0 Å². The zero-order valence-corrected chi connectivity index (χ0v) is 9.19. The lowest BCUT2D eigenvalue weighted by atomic mass is 10.1. The summed E-state index contributed by atoms with van der Waals surface area (Å²) in [7, 11) is 0. The van der Waals surface area contributed by atoms with Gasteiger partial charge in [-0.15, -0.1) is 0 Å². The van der Waals surface area contributed by atoms with Gasteiger partial charge in [-0.2, -0.15) is 0 Å². The van der Waals surface area contributed by atoms with E-state index in [0.717, 1.165) is 24.3 Å². The standard InChI is InChI=1S/C14H16N2/c15-14-9-5-4-8-13(14)11-16-10-12-6-2-1-3-7-12/h1-9,16H,10-11,15H2. The normalized spacial score (nSPS) is 10.2. The number of benzene rings is 2. The first kappa shape index (κ1) is 10.7. The van der Waals surface area contributed by atoms with Gasteiger partial charge in [0.05, 0.1) is 0 Å². The van der Waals surface area contributed by atoms with E-state index < -0.39 is 0 Å². The maximum Gasteiger partial charge on any atom is 0.0359 e. The largest absolute Gasteiger partial charge is 0.398 e. The van der Waals surface area contributed by atoms with Crippen LogP contribution in [0.1, 0.15) is 11.1 Å². The van der Waals surface area contributed by atoms with Crippen LogP contribution in [0, 0.1) is 0 Å². The summed E-state index contributed by atoms with van der Waals surface area (Å²) in [6.07, 6.45) is 0. The first-order valence-electron chi connectivity index (χ1n) is 5.44. The van der Waals surface area contributed by atoms with Crippen molar-refractivity contribution >= 4 is 5.69 Å². The van der Waals surface area contributed by atoms with Gasteiger partial charge >= 0.3 is 0 Å². The van der Waals surface area contributed by atoms with E-state index in [2.05, 4.69) is 17.4 Å². The third-order valence-corrected chi connectivity index (χ3v) is 2.54. The highest BCUT2D eigenvalue weighted by Gasteiger charge is 1.96. The third-order valence-electron chi connectivity index (χ3n) is 2.54. The van der Waals surface area contributed by atoms with Gasteiger partial charge < -0.3 is 11.1 Å². The van der Waals surface area contributed by atoms with E-state index >= 15 is 0 Å². The summed E-state index contributed by atoms with van der Waals surface area (Å²) in [6, 6.07) is 18.3. The molecule has 0 aromatic heterocycles. The number of anilines is 1. The van der Waals surface area contributed by atoms with Crippen molar-refractivity contribution in [2.75, 3.05) is 5.73 Å². The molecule has 2 aromatic carbocycles. The van der Waals surface area contributed by atoms with Gasteiger partial charge in [-0.3, -0.25) is 0 Å². The van der Waals surface area contributed by atoms with Gasteiger partial charge in [-0.1, -0.05) is 48.5 Å². The first-order valence-corrected chi connectivity index (χ1v) is 5.44. The summed E-state index contributed by atoms with van der Waals surface area (Å²) in [5, 5.41) is 3.38. The topological polar surface area (TPSA) is 38.0 Å². The van der Waals surface area contributed by atoms with E-state index in [4.69, 9.17) is 5.73 Å². The van der Waals surface area contributed by atoms with Crippen LogP contribution in [-0.2, 0) is 13.1 Å². The maximum absolute atomic E-state index is 5.86. The molecule has 0 saturated carbocycles. The Morgan fingerprint density at radius 2 is 1.50 bits per heavy atom. The molecule has 0 spiro atoms. The van der Waals surface area contributed by atoms with Crippen LogP contribution in [-0.4, -0.2) is 0 Å². The molecule has 2 aromatic rings. The molecule has 0 aliphatic carbocycles. The van der Waals surface area contributed by atoms with Gasteiger partial charge in [-0.25, -0.2) is 0 Å². The highest BCUT2D eigenvalue weighted by molar-refractivity contribution is 5.46. The van der Waals surface area contributed by atoms with E-state index in [1.807, 2.05) is 42.5 Å². The Kier molecular flexibility index (Phi) is 3.57. The number of nitrogens with two attached hydrogens (primary N) is 1. The van der Waals surface area contributed by atoms with Gasteiger partial charge in [0, 0.05) is 18.8 Å². The SMILES string of the molecule is Nc1ccccc1CNCc1ccccc1. The molecule has 3 N–H and O–H groups in total. The average Bonchev–Trinajstić information content (AvgIpc) is 2.33. The van der Waals surface area contributed by atoms with Crippen LogP contribution in [0.5, 0.6) is 0 Å². The molecule has 2 nitrogen and oxygen atoms in total. The second-order valence-electron chi connectivity index (χ2n) is 3.79. The lowest BCUT2D eigenvalue weighted by Gasteiger charge is -2.07. The minimum Gasteiger partial charge on any atom is -0.398 e. The molecular formula is C14H16N2. The molecule has 82 valence electrons. The van der Waals surface area contributed by atoms with E-state index in [9.17, 15) is 0 Å². The molecule has 16 heavy (non-hydrogen) atoms. The van der Waals surface area contributed by atoms with Gasteiger partial charge in [-0.05, 0) is 17.2 Å². The minimum atomic E-state index is 0.807. The number of hydrogen-bond donors (Lipinski definition) is 2. The molecule has 0 amide bonds. The highest BCUT2D eigenvalue weighted by Crippen LogP contribution is 2.09. The highest BCUT2D eigenvalue weighted by atomic mass is 14.9. The number of hydrogen-bond acceptors (Lipinski definition) is 2. The Balaban J connectivity index is 1.87. The van der Waals surface area contributed by atoms with E-state index in [1.54, 1.807) is 0 Å². The molecule has 0 atom stereocenters. The quantitative estimate of drug-likeness (QED) is 0.764. The summed E-state index contributed by atoms with van der Waals surface area (Å²) < 4.78 is 0. The van der Waals surface area contributed by atoms with Gasteiger partial charge in [0.2, 0.25) is 0 Å². The van der Waals surface area contributed by atoms with Crippen LogP contribution >= 0.6 is 0 Å².